The van der Waals surface area contributed by atoms with Crippen LogP contribution in [0.3, 0.4) is 0 Å². The molecule has 2 aromatic rings. The quantitative estimate of drug-likeness (QED) is 0.803. The van der Waals surface area contributed by atoms with Crippen LogP contribution in [0.25, 0.3) is 0 Å². The van der Waals surface area contributed by atoms with Crippen LogP contribution in [0.15, 0.2) is 35.7 Å². The van der Waals surface area contributed by atoms with Gasteiger partial charge in [-0.05, 0) is 42.0 Å². The molecule has 156 valence electrons. The monoisotopic (exact) mass is 425 g/mol. The number of hydrogen-bond acceptors (Lipinski definition) is 5. The van der Waals surface area contributed by atoms with Crippen LogP contribution >= 0.6 is 11.3 Å². The number of carbonyl (C=O) groups excluding carboxylic acids is 3. The SMILES string of the molecule is O=C1CCN(c2ccccc2C(=O)N2CCC3(CC2)OCCc2sccc23)C(=O)N1. The number of piperidine rings is 1. The second kappa shape index (κ2) is 7.52. The number of benzene rings is 1. The van der Waals surface area contributed by atoms with Crippen LogP contribution in [-0.2, 0) is 21.6 Å². The van der Waals surface area contributed by atoms with Crippen LogP contribution in [0.5, 0.6) is 0 Å². The Balaban J connectivity index is 1.35. The Labute approximate surface area is 178 Å². The maximum atomic E-state index is 13.4. The number of anilines is 1. The average molecular weight is 426 g/mol. The molecule has 1 aromatic carbocycles. The first-order valence-corrected chi connectivity index (χ1v) is 11.2. The van der Waals surface area contributed by atoms with Gasteiger partial charge in [0.25, 0.3) is 5.91 Å². The van der Waals surface area contributed by atoms with E-state index in [1.165, 1.54) is 15.3 Å². The predicted octanol–water partition coefficient (Wildman–Crippen LogP) is 2.90. The van der Waals surface area contributed by atoms with Crippen molar-refractivity contribution in [3.63, 3.8) is 0 Å². The first-order valence-electron chi connectivity index (χ1n) is 10.3. The number of thiophene rings is 1. The summed E-state index contributed by atoms with van der Waals surface area (Å²) in [5.41, 5.74) is 2.04. The van der Waals surface area contributed by atoms with Gasteiger partial charge in [0.2, 0.25) is 5.91 Å². The van der Waals surface area contributed by atoms with E-state index in [2.05, 4.69) is 16.8 Å². The highest BCUT2D eigenvalue weighted by atomic mass is 32.1. The Bertz CT molecular complexity index is 1010. The lowest BCUT2D eigenvalue weighted by Gasteiger charge is -2.44. The van der Waals surface area contributed by atoms with Crippen molar-refractivity contribution in [2.24, 2.45) is 0 Å². The number of fused-ring (bicyclic) bond motifs is 2. The predicted molar refractivity (Wildman–Crippen MR) is 113 cm³/mol. The summed E-state index contributed by atoms with van der Waals surface area (Å²) >= 11 is 1.79. The fourth-order valence-corrected chi connectivity index (χ4v) is 5.65. The fourth-order valence-electron chi connectivity index (χ4n) is 4.70. The summed E-state index contributed by atoms with van der Waals surface area (Å²) in [6.07, 6.45) is 2.72. The third kappa shape index (κ3) is 3.20. The van der Waals surface area contributed by atoms with Crippen molar-refractivity contribution in [1.82, 2.24) is 10.2 Å². The summed E-state index contributed by atoms with van der Waals surface area (Å²) < 4.78 is 6.24. The van der Waals surface area contributed by atoms with Gasteiger partial charge >= 0.3 is 6.03 Å². The summed E-state index contributed by atoms with van der Waals surface area (Å²) in [4.78, 5) is 41.9. The summed E-state index contributed by atoms with van der Waals surface area (Å²) in [7, 11) is 0. The van der Waals surface area contributed by atoms with Gasteiger partial charge in [0.1, 0.15) is 0 Å². The molecular formula is C22H23N3O4S. The number of para-hydroxylation sites is 1. The van der Waals surface area contributed by atoms with Crippen LogP contribution in [0.4, 0.5) is 10.5 Å². The number of likely N-dealkylation sites (tertiary alicyclic amines) is 1. The molecule has 1 aromatic heterocycles. The number of urea groups is 1. The zero-order valence-electron chi connectivity index (χ0n) is 16.6. The Morgan fingerprint density at radius 3 is 2.67 bits per heavy atom. The van der Waals surface area contributed by atoms with Crippen molar-refractivity contribution >= 4 is 34.9 Å². The van der Waals surface area contributed by atoms with Gasteiger partial charge in [-0.1, -0.05) is 12.1 Å². The van der Waals surface area contributed by atoms with E-state index < -0.39 is 6.03 Å². The largest absolute Gasteiger partial charge is 0.370 e. The van der Waals surface area contributed by atoms with Gasteiger partial charge in [0.05, 0.1) is 23.5 Å². The molecule has 1 spiro atoms. The molecular weight excluding hydrogens is 402 g/mol. The highest BCUT2D eigenvalue weighted by Crippen LogP contribution is 2.43. The molecule has 5 rings (SSSR count). The van der Waals surface area contributed by atoms with Crippen molar-refractivity contribution in [2.45, 2.75) is 31.3 Å². The van der Waals surface area contributed by atoms with Crippen LogP contribution in [0, 0.1) is 0 Å². The summed E-state index contributed by atoms with van der Waals surface area (Å²) in [5.74, 6) is -0.381. The molecule has 2 fully saturated rings. The lowest BCUT2D eigenvalue weighted by molar-refractivity contribution is -0.120. The van der Waals surface area contributed by atoms with Gasteiger partial charge in [-0.2, -0.15) is 0 Å². The maximum absolute atomic E-state index is 13.4. The standard InChI is InChI=1S/C22H23N3O4S/c26-19-5-10-25(21(28)23-19)17-4-2-1-3-15(17)20(27)24-11-8-22(9-12-24)16-7-14-30-18(16)6-13-29-22/h1-4,7,14H,5-6,8-13H2,(H,23,26,28). The fraction of sp³-hybridized carbons (Fsp3) is 0.409. The summed E-state index contributed by atoms with van der Waals surface area (Å²) in [6, 6.07) is 8.80. The second-order valence-electron chi connectivity index (χ2n) is 7.91. The lowest BCUT2D eigenvalue weighted by Crippen LogP contribution is -2.51. The van der Waals surface area contributed by atoms with Crippen LogP contribution in [-0.4, -0.2) is 49.0 Å². The second-order valence-corrected chi connectivity index (χ2v) is 8.92. The molecule has 8 heteroatoms. The minimum Gasteiger partial charge on any atom is -0.370 e. The molecule has 0 saturated carbocycles. The Kier molecular flexibility index (Phi) is 4.83. The highest BCUT2D eigenvalue weighted by Gasteiger charge is 2.42. The third-order valence-electron chi connectivity index (χ3n) is 6.28. The first-order chi connectivity index (χ1) is 14.6. The highest BCUT2D eigenvalue weighted by molar-refractivity contribution is 7.10. The topological polar surface area (TPSA) is 79.0 Å². The molecule has 0 bridgehead atoms. The molecule has 1 N–H and O–H groups in total. The number of hydrogen-bond donors (Lipinski definition) is 1. The molecule has 2 saturated heterocycles. The molecule has 4 heterocycles. The minimum atomic E-state index is -0.482. The van der Waals surface area contributed by atoms with E-state index in [4.69, 9.17) is 4.74 Å². The molecule has 4 amide bonds. The number of nitrogens with one attached hydrogen (secondary N) is 1. The third-order valence-corrected chi connectivity index (χ3v) is 7.26. The zero-order chi connectivity index (χ0) is 20.7. The first kappa shape index (κ1) is 19.3. The van der Waals surface area contributed by atoms with Gasteiger partial charge in [-0.3, -0.25) is 19.8 Å². The Morgan fingerprint density at radius 1 is 1.07 bits per heavy atom. The molecule has 7 nitrogen and oxygen atoms in total. The molecule has 0 radical (unpaired) electrons. The number of ether oxygens (including phenoxy) is 1. The van der Waals surface area contributed by atoms with E-state index in [-0.39, 0.29) is 30.4 Å². The average Bonchev–Trinajstić information content (AvgIpc) is 3.25. The van der Waals surface area contributed by atoms with E-state index in [1.54, 1.807) is 35.6 Å². The molecule has 3 aliphatic rings. The normalized spacial score (nSPS) is 20.8. The molecule has 30 heavy (non-hydrogen) atoms. The summed E-state index contributed by atoms with van der Waals surface area (Å²) in [6.45, 7) is 2.21. The van der Waals surface area contributed by atoms with E-state index in [9.17, 15) is 14.4 Å². The summed E-state index contributed by atoms with van der Waals surface area (Å²) in [5, 5.41) is 4.46. The van der Waals surface area contributed by atoms with Gasteiger partial charge in [-0.25, -0.2) is 4.79 Å². The zero-order valence-corrected chi connectivity index (χ0v) is 17.4. The molecule has 0 aliphatic carbocycles. The van der Waals surface area contributed by atoms with Crippen molar-refractivity contribution in [3.05, 3.63) is 51.7 Å². The molecule has 3 aliphatic heterocycles. The number of nitrogens with zero attached hydrogens (tertiary/aromatic N) is 2. The van der Waals surface area contributed by atoms with Crippen LogP contribution in [0.2, 0.25) is 0 Å². The molecule has 0 unspecified atom stereocenters. The number of rotatable bonds is 2. The van der Waals surface area contributed by atoms with Crippen molar-refractivity contribution in [1.29, 1.82) is 0 Å². The van der Waals surface area contributed by atoms with Crippen molar-refractivity contribution in [2.75, 3.05) is 31.1 Å². The minimum absolute atomic E-state index is 0.0912. The van der Waals surface area contributed by atoms with Gasteiger partial charge in [0.15, 0.2) is 0 Å². The van der Waals surface area contributed by atoms with E-state index >= 15 is 0 Å². The van der Waals surface area contributed by atoms with Crippen molar-refractivity contribution in [3.8, 4) is 0 Å². The Morgan fingerprint density at radius 2 is 1.87 bits per heavy atom. The maximum Gasteiger partial charge on any atom is 0.328 e. The van der Waals surface area contributed by atoms with Gasteiger partial charge < -0.3 is 9.64 Å². The number of amides is 4. The number of imide groups is 1. The van der Waals surface area contributed by atoms with E-state index in [0.29, 0.717) is 24.3 Å². The smallest absolute Gasteiger partial charge is 0.328 e. The van der Waals surface area contributed by atoms with Crippen LogP contribution in [0.1, 0.15) is 40.1 Å². The molecule has 0 atom stereocenters. The van der Waals surface area contributed by atoms with Gasteiger partial charge in [0, 0.05) is 37.4 Å². The van der Waals surface area contributed by atoms with E-state index in [1.807, 2.05) is 4.90 Å². The van der Waals surface area contributed by atoms with Crippen molar-refractivity contribution < 1.29 is 19.1 Å². The number of carbonyl (C=O) groups is 3. The van der Waals surface area contributed by atoms with Gasteiger partial charge in [-0.15, -0.1) is 11.3 Å². The van der Waals surface area contributed by atoms with E-state index in [0.717, 1.165) is 25.9 Å². The lowest BCUT2D eigenvalue weighted by atomic mass is 9.82. The Hall–Kier alpha value is -2.71. The van der Waals surface area contributed by atoms with Crippen LogP contribution < -0.4 is 10.2 Å².